The normalized spacial score (nSPS) is 16.2. The highest BCUT2D eigenvalue weighted by Crippen LogP contribution is 2.46. The van der Waals surface area contributed by atoms with Gasteiger partial charge < -0.3 is 14.6 Å². The number of fused-ring (bicyclic) bond motifs is 1. The predicted octanol–water partition coefficient (Wildman–Crippen LogP) is 3.37. The summed E-state index contributed by atoms with van der Waals surface area (Å²) in [5.74, 6) is 0.844. The van der Waals surface area contributed by atoms with Gasteiger partial charge >= 0.3 is 0 Å². The second-order valence-corrected chi connectivity index (χ2v) is 4.44. The summed E-state index contributed by atoms with van der Waals surface area (Å²) in [5, 5.41) is 10.5. The molecule has 0 radical (unpaired) electrons. The van der Waals surface area contributed by atoms with Crippen LogP contribution in [0.5, 0.6) is 11.5 Å². The molecule has 1 atom stereocenters. The van der Waals surface area contributed by atoms with E-state index < -0.39 is 6.10 Å². The third-order valence-corrected chi connectivity index (χ3v) is 3.25. The van der Waals surface area contributed by atoms with Crippen LogP contribution in [0, 0.1) is 0 Å². The van der Waals surface area contributed by atoms with Gasteiger partial charge in [-0.15, -0.1) is 6.58 Å². The molecule has 0 saturated heterocycles. The molecular weight excluding hydrogens is 263 g/mol. The van der Waals surface area contributed by atoms with Crippen molar-refractivity contribution >= 4 is 23.2 Å². The number of aliphatic hydroxyl groups excluding tert-OH is 1. The Labute approximate surface area is 110 Å². The SMILES string of the molecule is C=CC(O)c1cc(Cl)c(Cl)c2c1OCCCO2. The zero-order valence-electron chi connectivity index (χ0n) is 9.08. The molecule has 17 heavy (non-hydrogen) atoms. The van der Waals surface area contributed by atoms with Crippen molar-refractivity contribution in [2.45, 2.75) is 12.5 Å². The lowest BCUT2D eigenvalue weighted by Crippen LogP contribution is -2.01. The molecular formula is C12H12Cl2O3. The lowest BCUT2D eigenvalue weighted by atomic mass is 10.1. The Kier molecular flexibility index (Phi) is 3.82. The van der Waals surface area contributed by atoms with E-state index in [1.54, 1.807) is 6.07 Å². The van der Waals surface area contributed by atoms with Gasteiger partial charge in [-0.2, -0.15) is 0 Å². The highest BCUT2D eigenvalue weighted by atomic mass is 35.5. The first-order valence-corrected chi connectivity index (χ1v) is 5.99. The van der Waals surface area contributed by atoms with Gasteiger partial charge in [0.15, 0.2) is 11.5 Å². The minimum Gasteiger partial charge on any atom is -0.489 e. The molecule has 0 fully saturated rings. The van der Waals surface area contributed by atoms with Crippen LogP contribution in [0.2, 0.25) is 10.0 Å². The summed E-state index contributed by atoms with van der Waals surface area (Å²) >= 11 is 12.1. The van der Waals surface area contributed by atoms with Crippen LogP contribution in [-0.4, -0.2) is 18.3 Å². The van der Waals surface area contributed by atoms with E-state index in [9.17, 15) is 5.11 Å². The number of halogens is 2. The molecule has 0 saturated carbocycles. The van der Waals surface area contributed by atoms with E-state index in [1.807, 2.05) is 0 Å². The summed E-state index contributed by atoms with van der Waals surface area (Å²) in [6.07, 6.45) is 1.29. The summed E-state index contributed by atoms with van der Waals surface area (Å²) in [5.41, 5.74) is 0.520. The second-order valence-electron chi connectivity index (χ2n) is 3.65. The summed E-state index contributed by atoms with van der Waals surface area (Å²) in [7, 11) is 0. The van der Waals surface area contributed by atoms with Gasteiger partial charge in [-0.1, -0.05) is 29.3 Å². The van der Waals surface area contributed by atoms with Gasteiger partial charge in [0.1, 0.15) is 11.1 Å². The van der Waals surface area contributed by atoms with E-state index in [1.165, 1.54) is 6.08 Å². The molecule has 1 unspecified atom stereocenters. The van der Waals surface area contributed by atoms with Gasteiger partial charge in [0, 0.05) is 12.0 Å². The molecule has 0 aromatic heterocycles. The van der Waals surface area contributed by atoms with Crippen LogP contribution in [0.3, 0.4) is 0 Å². The first kappa shape index (κ1) is 12.6. The molecule has 3 nitrogen and oxygen atoms in total. The van der Waals surface area contributed by atoms with Crippen LogP contribution in [-0.2, 0) is 0 Å². The molecule has 2 rings (SSSR count). The molecule has 1 heterocycles. The van der Waals surface area contributed by atoms with Gasteiger partial charge in [-0.3, -0.25) is 0 Å². The summed E-state index contributed by atoms with van der Waals surface area (Å²) < 4.78 is 11.1. The largest absolute Gasteiger partial charge is 0.489 e. The Hall–Kier alpha value is -0.900. The monoisotopic (exact) mass is 274 g/mol. The van der Waals surface area contributed by atoms with Crippen LogP contribution >= 0.6 is 23.2 Å². The number of hydrogen-bond acceptors (Lipinski definition) is 3. The molecule has 0 aliphatic carbocycles. The minimum absolute atomic E-state index is 0.309. The van der Waals surface area contributed by atoms with Gasteiger partial charge in [0.25, 0.3) is 0 Å². The van der Waals surface area contributed by atoms with Gasteiger partial charge in [-0.05, 0) is 6.07 Å². The van der Waals surface area contributed by atoms with E-state index in [2.05, 4.69) is 6.58 Å². The maximum atomic E-state index is 9.84. The molecule has 0 spiro atoms. The fourth-order valence-corrected chi connectivity index (χ4v) is 2.03. The van der Waals surface area contributed by atoms with Gasteiger partial charge in [0.2, 0.25) is 0 Å². The molecule has 1 aromatic carbocycles. The standard InChI is InChI=1S/C12H12Cl2O3/c1-2-9(15)7-6-8(13)10(14)12-11(7)16-4-3-5-17-12/h2,6,9,15H,1,3-5H2. The number of benzene rings is 1. The Balaban J connectivity index is 2.60. The van der Waals surface area contributed by atoms with Crippen molar-refractivity contribution in [2.75, 3.05) is 13.2 Å². The molecule has 1 aliphatic rings. The Morgan fingerprint density at radius 2 is 1.94 bits per heavy atom. The van der Waals surface area contributed by atoms with Crippen LogP contribution in [0.15, 0.2) is 18.7 Å². The van der Waals surface area contributed by atoms with E-state index in [0.29, 0.717) is 40.3 Å². The third kappa shape index (κ3) is 2.37. The maximum Gasteiger partial charge on any atom is 0.181 e. The van der Waals surface area contributed by atoms with Crippen molar-refractivity contribution in [3.63, 3.8) is 0 Å². The van der Waals surface area contributed by atoms with Crippen LogP contribution in [0.4, 0.5) is 0 Å². The average molecular weight is 275 g/mol. The summed E-state index contributed by atoms with van der Waals surface area (Å²) in [4.78, 5) is 0. The van der Waals surface area contributed by atoms with E-state index in [0.717, 1.165) is 6.42 Å². The van der Waals surface area contributed by atoms with Crippen molar-refractivity contribution in [3.8, 4) is 11.5 Å². The fourth-order valence-electron chi connectivity index (χ4n) is 1.64. The molecule has 0 amide bonds. The first-order chi connectivity index (χ1) is 8.15. The molecule has 5 heteroatoms. The fraction of sp³-hybridized carbons (Fsp3) is 0.333. The van der Waals surface area contributed by atoms with E-state index in [-0.39, 0.29) is 0 Å². The number of aliphatic hydroxyl groups is 1. The topological polar surface area (TPSA) is 38.7 Å². The van der Waals surface area contributed by atoms with Crippen molar-refractivity contribution < 1.29 is 14.6 Å². The van der Waals surface area contributed by atoms with Crippen LogP contribution in [0.1, 0.15) is 18.1 Å². The molecule has 0 bridgehead atoms. The van der Waals surface area contributed by atoms with Crippen molar-refractivity contribution in [1.29, 1.82) is 0 Å². The van der Waals surface area contributed by atoms with Gasteiger partial charge in [-0.25, -0.2) is 0 Å². The Morgan fingerprint density at radius 3 is 2.59 bits per heavy atom. The Morgan fingerprint density at radius 1 is 1.29 bits per heavy atom. The van der Waals surface area contributed by atoms with Gasteiger partial charge in [0.05, 0.1) is 18.2 Å². The Bertz CT molecular complexity index is 446. The third-order valence-electron chi connectivity index (χ3n) is 2.48. The quantitative estimate of drug-likeness (QED) is 0.841. The van der Waals surface area contributed by atoms with Crippen molar-refractivity contribution in [3.05, 3.63) is 34.3 Å². The van der Waals surface area contributed by atoms with E-state index in [4.69, 9.17) is 32.7 Å². The molecule has 1 aliphatic heterocycles. The summed E-state index contributed by atoms with van der Waals surface area (Å²) in [6.45, 7) is 4.57. The van der Waals surface area contributed by atoms with E-state index >= 15 is 0 Å². The summed E-state index contributed by atoms with van der Waals surface area (Å²) in [6, 6.07) is 1.57. The lowest BCUT2D eigenvalue weighted by Gasteiger charge is -2.16. The number of ether oxygens (including phenoxy) is 2. The van der Waals surface area contributed by atoms with Crippen LogP contribution < -0.4 is 9.47 Å². The highest BCUT2D eigenvalue weighted by Gasteiger charge is 2.23. The first-order valence-electron chi connectivity index (χ1n) is 5.23. The second kappa shape index (κ2) is 5.17. The minimum atomic E-state index is -0.861. The number of rotatable bonds is 2. The molecule has 92 valence electrons. The average Bonchev–Trinajstić information content (AvgIpc) is 2.58. The zero-order chi connectivity index (χ0) is 12.4. The smallest absolute Gasteiger partial charge is 0.181 e. The molecule has 1 aromatic rings. The maximum absolute atomic E-state index is 9.84. The van der Waals surface area contributed by atoms with Crippen LogP contribution in [0.25, 0.3) is 0 Å². The zero-order valence-corrected chi connectivity index (χ0v) is 10.6. The lowest BCUT2D eigenvalue weighted by molar-refractivity contribution is 0.219. The highest BCUT2D eigenvalue weighted by molar-refractivity contribution is 6.43. The predicted molar refractivity (Wildman–Crippen MR) is 67.2 cm³/mol. The van der Waals surface area contributed by atoms with Crippen molar-refractivity contribution in [2.24, 2.45) is 0 Å². The molecule has 1 N–H and O–H groups in total. The van der Waals surface area contributed by atoms with Crippen molar-refractivity contribution in [1.82, 2.24) is 0 Å². The number of hydrogen-bond donors (Lipinski definition) is 1.